The molecule has 7 nitrogen and oxygen atoms in total. The highest BCUT2D eigenvalue weighted by Gasteiger charge is 2.37. The van der Waals surface area contributed by atoms with E-state index in [1.807, 2.05) is 18.2 Å². The van der Waals surface area contributed by atoms with Crippen molar-refractivity contribution in [1.82, 2.24) is 15.0 Å². The number of nitrogens with one attached hydrogen (secondary N) is 1. The Hall–Kier alpha value is -2.70. The number of aromatic nitrogens is 3. The van der Waals surface area contributed by atoms with E-state index in [4.69, 9.17) is 4.74 Å². The molecule has 1 aliphatic rings. The molecule has 0 saturated carbocycles. The fourth-order valence-electron chi connectivity index (χ4n) is 2.43. The van der Waals surface area contributed by atoms with Crippen molar-refractivity contribution in [2.75, 3.05) is 16.8 Å². The lowest BCUT2D eigenvalue weighted by molar-refractivity contribution is 0.177. The van der Waals surface area contributed by atoms with E-state index in [1.165, 1.54) is 0 Å². The fraction of sp³-hybridized carbons (Fsp3) is 0.375. The standard InChI is InChI=1S/C16H19N5O2/c1-11(2)13-10-23-16(22)21(13)14-6-8-18-15(20-14)19-9-12-5-3-4-7-17-12/h3-8,11,13H,9-10H2,1-2H3,(H,18,19,20). The van der Waals surface area contributed by atoms with E-state index in [0.717, 1.165) is 5.69 Å². The quantitative estimate of drug-likeness (QED) is 0.913. The first-order chi connectivity index (χ1) is 11.1. The lowest BCUT2D eigenvalue weighted by Crippen LogP contribution is -2.37. The van der Waals surface area contributed by atoms with Gasteiger partial charge in [0.1, 0.15) is 12.4 Å². The molecule has 0 spiro atoms. The smallest absolute Gasteiger partial charge is 0.415 e. The van der Waals surface area contributed by atoms with Gasteiger partial charge < -0.3 is 10.1 Å². The summed E-state index contributed by atoms with van der Waals surface area (Å²) in [5, 5.41) is 3.12. The number of carbonyl (C=O) groups is 1. The molecule has 1 N–H and O–H groups in total. The molecule has 2 aromatic rings. The Balaban J connectivity index is 1.75. The number of pyridine rings is 1. The van der Waals surface area contributed by atoms with E-state index in [1.54, 1.807) is 23.4 Å². The Morgan fingerprint density at radius 3 is 2.91 bits per heavy atom. The summed E-state index contributed by atoms with van der Waals surface area (Å²) >= 11 is 0. The van der Waals surface area contributed by atoms with E-state index in [-0.39, 0.29) is 18.1 Å². The summed E-state index contributed by atoms with van der Waals surface area (Å²) in [6, 6.07) is 7.42. The fourth-order valence-corrected chi connectivity index (χ4v) is 2.43. The zero-order chi connectivity index (χ0) is 16.2. The highest BCUT2D eigenvalue weighted by molar-refractivity contribution is 5.89. The van der Waals surface area contributed by atoms with Gasteiger partial charge in [0.25, 0.3) is 0 Å². The molecule has 1 atom stereocenters. The molecule has 7 heteroatoms. The summed E-state index contributed by atoms with van der Waals surface area (Å²) in [5.74, 6) is 1.28. The molecular weight excluding hydrogens is 294 g/mol. The van der Waals surface area contributed by atoms with Gasteiger partial charge in [0, 0.05) is 12.4 Å². The zero-order valence-corrected chi connectivity index (χ0v) is 13.1. The number of rotatable bonds is 5. The largest absolute Gasteiger partial charge is 0.447 e. The summed E-state index contributed by atoms with van der Waals surface area (Å²) in [6.07, 6.45) is 3.01. The molecule has 0 bridgehead atoms. The molecule has 3 heterocycles. The van der Waals surface area contributed by atoms with E-state index in [0.29, 0.717) is 24.9 Å². The van der Waals surface area contributed by atoms with Crippen LogP contribution in [0.25, 0.3) is 0 Å². The van der Waals surface area contributed by atoms with Crippen LogP contribution in [0.15, 0.2) is 36.7 Å². The van der Waals surface area contributed by atoms with Gasteiger partial charge in [-0.15, -0.1) is 0 Å². The Morgan fingerprint density at radius 1 is 1.30 bits per heavy atom. The van der Waals surface area contributed by atoms with Gasteiger partial charge in [0.2, 0.25) is 5.95 Å². The highest BCUT2D eigenvalue weighted by atomic mass is 16.6. The van der Waals surface area contributed by atoms with Crippen LogP contribution in [0.5, 0.6) is 0 Å². The number of amides is 1. The van der Waals surface area contributed by atoms with Crippen molar-refractivity contribution in [2.24, 2.45) is 5.92 Å². The second-order valence-electron chi connectivity index (χ2n) is 5.67. The third-order valence-corrected chi connectivity index (χ3v) is 3.72. The van der Waals surface area contributed by atoms with E-state index >= 15 is 0 Å². The van der Waals surface area contributed by atoms with Crippen LogP contribution in [-0.4, -0.2) is 33.7 Å². The van der Waals surface area contributed by atoms with Gasteiger partial charge in [-0.05, 0) is 24.1 Å². The van der Waals surface area contributed by atoms with Crippen LogP contribution in [0.4, 0.5) is 16.6 Å². The third kappa shape index (κ3) is 3.39. The predicted molar refractivity (Wildman–Crippen MR) is 86.0 cm³/mol. The maximum atomic E-state index is 12.0. The second kappa shape index (κ2) is 6.60. The number of hydrogen-bond acceptors (Lipinski definition) is 6. The molecule has 0 aliphatic carbocycles. The van der Waals surface area contributed by atoms with Gasteiger partial charge in [0.15, 0.2) is 0 Å². The number of nitrogens with zero attached hydrogens (tertiary/aromatic N) is 4. The van der Waals surface area contributed by atoms with Crippen molar-refractivity contribution in [3.63, 3.8) is 0 Å². The Bertz CT molecular complexity index is 677. The van der Waals surface area contributed by atoms with Gasteiger partial charge in [-0.2, -0.15) is 4.98 Å². The van der Waals surface area contributed by atoms with Crippen LogP contribution >= 0.6 is 0 Å². The molecule has 1 unspecified atom stereocenters. The molecule has 0 aromatic carbocycles. The van der Waals surface area contributed by atoms with Gasteiger partial charge in [-0.3, -0.25) is 9.88 Å². The third-order valence-electron chi connectivity index (χ3n) is 3.72. The first-order valence-electron chi connectivity index (χ1n) is 7.58. The maximum absolute atomic E-state index is 12.0. The summed E-state index contributed by atoms with van der Waals surface area (Å²) in [5.41, 5.74) is 0.891. The topological polar surface area (TPSA) is 80.2 Å². The van der Waals surface area contributed by atoms with Crippen molar-refractivity contribution >= 4 is 17.9 Å². The molecule has 3 rings (SSSR count). The van der Waals surface area contributed by atoms with E-state index < -0.39 is 0 Å². The Kier molecular flexibility index (Phi) is 4.36. The number of hydrogen-bond donors (Lipinski definition) is 1. The second-order valence-corrected chi connectivity index (χ2v) is 5.67. The normalized spacial score (nSPS) is 17.4. The number of ether oxygens (including phenoxy) is 1. The van der Waals surface area contributed by atoms with E-state index in [2.05, 4.69) is 34.1 Å². The predicted octanol–water partition coefficient (Wildman–Crippen LogP) is 2.46. The summed E-state index contributed by atoms with van der Waals surface area (Å²) < 4.78 is 5.16. The molecule has 1 aliphatic heterocycles. The minimum absolute atomic E-state index is 0.0129. The van der Waals surface area contributed by atoms with Gasteiger partial charge in [0.05, 0.1) is 18.3 Å². The van der Waals surface area contributed by atoms with Crippen LogP contribution in [0.3, 0.4) is 0 Å². The molecule has 23 heavy (non-hydrogen) atoms. The van der Waals surface area contributed by atoms with Crippen LogP contribution in [0, 0.1) is 5.92 Å². The van der Waals surface area contributed by atoms with Crippen molar-refractivity contribution < 1.29 is 9.53 Å². The van der Waals surface area contributed by atoms with Crippen molar-refractivity contribution in [2.45, 2.75) is 26.4 Å². The molecular formula is C16H19N5O2. The average Bonchev–Trinajstić information content (AvgIpc) is 2.96. The molecule has 120 valence electrons. The maximum Gasteiger partial charge on any atom is 0.415 e. The number of cyclic esters (lactones) is 1. The summed E-state index contributed by atoms with van der Waals surface area (Å²) in [7, 11) is 0. The van der Waals surface area contributed by atoms with Crippen LogP contribution in [0.1, 0.15) is 19.5 Å². The van der Waals surface area contributed by atoms with Crippen molar-refractivity contribution in [3.8, 4) is 0 Å². The monoisotopic (exact) mass is 313 g/mol. The van der Waals surface area contributed by atoms with Crippen molar-refractivity contribution in [3.05, 3.63) is 42.4 Å². The van der Waals surface area contributed by atoms with Crippen LogP contribution < -0.4 is 10.2 Å². The Labute approximate surface area is 134 Å². The summed E-state index contributed by atoms with van der Waals surface area (Å²) in [6.45, 7) is 5.02. The van der Waals surface area contributed by atoms with Crippen LogP contribution in [-0.2, 0) is 11.3 Å². The molecule has 1 saturated heterocycles. The lowest BCUT2D eigenvalue weighted by atomic mass is 10.0. The Morgan fingerprint density at radius 2 is 2.17 bits per heavy atom. The average molecular weight is 313 g/mol. The zero-order valence-electron chi connectivity index (χ0n) is 13.1. The first-order valence-corrected chi connectivity index (χ1v) is 7.58. The molecule has 1 fully saturated rings. The van der Waals surface area contributed by atoms with Gasteiger partial charge in [-0.25, -0.2) is 9.78 Å². The number of anilines is 2. The molecule has 2 aromatic heterocycles. The van der Waals surface area contributed by atoms with Gasteiger partial charge >= 0.3 is 6.09 Å². The van der Waals surface area contributed by atoms with Crippen LogP contribution in [0.2, 0.25) is 0 Å². The highest BCUT2D eigenvalue weighted by Crippen LogP contribution is 2.25. The first kappa shape index (κ1) is 15.2. The van der Waals surface area contributed by atoms with E-state index in [9.17, 15) is 4.79 Å². The molecule has 1 amide bonds. The van der Waals surface area contributed by atoms with Crippen molar-refractivity contribution in [1.29, 1.82) is 0 Å². The minimum Gasteiger partial charge on any atom is -0.447 e. The molecule has 0 radical (unpaired) electrons. The van der Waals surface area contributed by atoms with Gasteiger partial charge in [-0.1, -0.05) is 19.9 Å². The lowest BCUT2D eigenvalue weighted by Gasteiger charge is -2.23. The number of carbonyl (C=O) groups excluding carboxylic acids is 1. The minimum atomic E-state index is -0.363. The summed E-state index contributed by atoms with van der Waals surface area (Å²) in [4.78, 5) is 26.4. The SMILES string of the molecule is CC(C)C1COC(=O)N1c1ccnc(NCc2ccccn2)n1.